The van der Waals surface area contributed by atoms with Gasteiger partial charge in [0, 0.05) is 38.2 Å². The van der Waals surface area contributed by atoms with Gasteiger partial charge in [-0.15, -0.1) is 0 Å². The van der Waals surface area contributed by atoms with Crippen molar-refractivity contribution in [2.24, 2.45) is 11.8 Å². The van der Waals surface area contributed by atoms with Crippen LogP contribution in [0.5, 0.6) is 0 Å². The van der Waals surface area contributed by atoms with Crippen molar-refractivity contribution in [2.45, 2.75) is 76.8 Å². The van der Waals surface area contributed by atoms with Crippen molar-refractivity contribution in [1.82, 2.24) is 0 Å². The van der Waals surface area contributed by atoms with Gasteiger partial charge in [0.15, 0.2) is 6.29 Å². The van der Waals surface area contributed by atoms with E-state index in [4.69, 9.17) is 14.2 Å². The van der Waals surface area contributed by atoms with Crippen LogP contribution in [0, 0.1) is 11.8 Å². The van der Waals surface area contributed by atoms with Gasteiger partial charge in [0.1, 0.15) is 12.4 Å². The Kier molecular flexibility index (Phi) is 9.64. The first-order chi connectivity index (χ1) is 13.5. The average molecular weight is 396 g/mol. The summed E-state index contributed by atoms with van der Waals surface area (Å²) in [6.45, 7) is 2.06. The zero-order chi connectivity index (χ0) is 20.4. The highest BCUT2D eigenvalue weighted by Gasteiger charge is 2.46. The lowest BCUT2D eigenvalue weighted by molar-refractivity contribution is -0.195. The number of hydrogen-bond donors (Lipinski definition) is 0. The van der Waals surface area contributed by atoms with E-state index >= 15 is 0 Å². The summed E-state index contributed by atoms with van der Waals surface area (Å²) in [6.07, 6.45) is 9.85. The van der Waals surface area contributed by atoms with E-state index in [1.807, 2.05) is 12.2 Å². The van der Waals surface area contributed by atoms with Crippen LogP contribution in [0.25, 0.3) is 0 Å². The summed E-state index contributed by atoms with van der Waals surface area (Å²) < 4.78 is 21.8. The fraction of sp³-hybridized carbons (Fsp3) is 0.762. The lowest BCUT2D eigenvalue weighted by atomic mass is 9.91. The summed E-state index contributed by atoms with van der Waals surface area (Å²) in [5.41, 5.74) is 0. The molecule has 0 spiro atoms. The molecule has 2 fully saturated rings. The van der Waals surface area contributed by atoms with Gasteiger partial charge in [-0.2, -0.15) is 0 Å². The SMILES string of the molecule is COC(=O)CCC/C=C\C[C@H]1[C@H](C=O)[C@@H](OC2CCCCO2)C[C@H]1OC(C)=O. The molecule has 2 aliphatic rings. The smallest absolute Gasteiger partial charge is 0.305 e. The standard InChI is InChI=1S/C21H32O7/c1-15(23)27-18-13-19(28-21-11-7-8-12-26-21)17(14-22)16(18)9-5-3-4-6-10-20(24)25-2/h3,5,14,16-19,21H,4,6-13H2,1-2H3/b5-3-/t16-,17-,18+,19-,21?/m0/s1. The van der Waals surface area contributed by atoms with E-state index in [1.54, 1.807) is 0 Å². The summed E-state index contributed by atoms with van der Waals surface area (Å²) in [6, 6.07) is 0. The molecular formula is C21H32O7. The predicted octanol–water partition coefficient (Wildman–Crippen LogP) is 2.95. The van der Waals surface area contributed by atoms with Gasteiger partial charge in [0.25, 0.3) is 0 Å². The zero-order valence-corrected chi connectivity index (χ0v) is 16.8. The van der Waals surface area contributed by atoms with Gasteiger partial charge in [-0.3, -0.25) is 9.59 Å². The Bertz CT molecular complexity index is 539. The molecule has 5 atom stereocenters. The van der Waals surface area contributed by atoms with Crippen molar-refractivity contribution in [3.8, 4) is 0 Å². The lowest BCUT2D eigenvalue weighted by Crippen LogP contribution is -2.32. The second-order valence-electron chi connectivity index (χ2n) is 7.41. The second kappa shape index (κ2) is 12.0. The van der Waals surface area contributed by atoms with E-state index in [-0.39, 0.29) is 42.3 Å². The molecule has 0 aromatic rings. The maximum absolute atomic E-state index is 11.8. The summed E-state index contributed by atoms with van der Waals surface area (Å²) >= 11 is 0. The molecular weight excluding hydrogens is 364 g/mol. The van der Waals surface area contributed by atoms with Gasteiger partial charge < -0.3 is 23.7 Å². The first-order valence-electron chi connectivity index (χ1n) is 10.2. The highest BCUT2D eigenvalue weighted by Crippen LogP contribution is 2.39. The van der Waals surface area contributed by atoms with Crippen LogP contribution in [0.1, 0.15) is 58.3 Å². The van der Waals surface area contributed by atoms with Gasteiger partial charge in [-0.25, -0.2) is 0 Å². The van der Waals surface area contributed by atoms with Crippen molar-refractivity contribution < 1.29 is 33.3 Å². The van der Waals surface area contributed by atoms with Crippen molar-refractivity contribution in [1.29, 1.82) is 0 Å². The average Bonchev–Trinajstić information content (AvgIpc) is 3.00. The Morgan fingerprint density at radius 1 is 1.18 bits per heavy atom. The minimum atomic E-state index is -0.351. The Morgan fingerprint density at radius 3 is 2.64 bits per heavy atom. The van der Waals surface area contributed by atoms with Crippen LogP contribution >= 0.6 is 0 Å². The van der Waals surface area contributed by atoms with Crippen LogP contribution < -0.4 is 0 Å². The molecule has 28 heavy (non-hydrogen) atoms. The molecule has 7 heteroatoms. The number of carbonyl (C=O) groups excluding carboxylic acids is 3. The molecule has 0 bridgehead atoms. The van der Waals surface area contributed by atoms with Gasteiger partial charge >= 0.3 is 11.9 Å². The Hall–Kier alpha value is -1.73. The van der Waals surface area contributed by atoms with Gasteiger partial charge in [-0.05, 0) is 38.5 Å². The fourth-order valence-corrected chi connectivity index (χ4v) is 3.93. The summed E-state index contributed by atoms with van der Waals surface area (Å²) in [4.78, 5) is 34.4. The van der Waals surface area contributed by atoms with Crippen molar-refractivity contribution in [2.75, 3.05) is 13.7 Å². The number of rotatable bonds is 10. The Morgan fingerprint density at radius 2 is 2.00 bits per heavy atom. The van der Waals surface area contributed by atoms with Crippen LogP contribution in [-0.2, 0) is 33.3 Å². The van der Waals surface area contributed by atoms with E-state index in [2.05, 4.69) is 4.74 Å². The molecule has 1 saturated heterocycles. The minimum Gasteiger partial charge on any atom is -0.469 e. The number of unbranched alkanes of at least 4 members (excludes halogenated alkanes) is 1. The van der Waals surface area contributed by atoms with Gasteiger partial charge in [0.2, 0.25) is 0 Å². The first-order valence-corrected chi connectivity index (χ1v) is 10.2. The topological polar surface area (TPSA) is 88.1 Å². The van der Waals surface area contributed by atoms with Crippen molar-refractivity contribution in [3.63, 3.8) is 0 Å². The van der Waals surface area contributed by atoms with E-state index < -0.39 is 0 Å². The highest BCUT2D eigenvalue weighted by atomic mass is 16.7. The lowest BCUT2D eigenvalue weighted by Gasteiger charge is -2.27. The van der Waals surface area contributed by atoms with E-state index in [9.17, 15) is 14.4 Å². The molecule has 0 aromatic heterocycles. The Labute approximate surface area is 166 Å². The highest BCUT2D eigenvalue weighted by molar-refractivity contribution is 5.69. The van der Waals surface area contributed by atoms with Crippen molar-refractivity contribution in [3.05, 3.63) is 12.2 Å². The molecule has 0 aromatic carbocycles. The van der Waals surface area contributed by atoms with Crippen LogP contribution in [0.15, 0.2) is 12.2 Å². The predicted molar refractivity (Wildman–Crippen MR) is 101 cm³/mol. The molecule has 1 aliphatic carbocycles. The molecule has 1 saturated carbocycles. The number of allylic oxidation sites excluding steroid dienone is 2. The molecule has 158 valence electrons. The van der Waals surface area contributed by atoms with E-state index in [0.717, 1.165) is 32.0 Å². The van der Waals surface area contributed by atoms with Crippen LogP contribution in [0.2, 0.25) is 0 Å². The number of aldehydes is 1. The summed E-state index contributed by atoms with van der Waals surface area (Å²) in [5, 5.41) is 0. The summed E-state index contributed by atoms with van der Waals surface area (Å²) in [5.74, 6) is -1.03. The largest absolute Gasteiger partial charge is 0.469 e. The number of carbonyl (C=O) groups is 3. The normalized spacial score (nSPS) is 30.3. The Balaban J connectivity index is 1.91. The molecule has 1 heterocycles. The van der Waals surface area contributed by atoms with E-state index in [0.29, 0.717) is 32.3 Å². The number of ether oxygens (including phenoxy) is 4. The molecule has 0 amide bonds. The molecule has 1 aliphatic heterocycles. The van der Waals surface area contributed by atoms with Crippen molar-refractivity contribution >= 4 is 18.2 Å². The molecule has 0 radical (unpaired) electrons. The number of esters is 2. The van der Waals surface area contributed by atoms with Gasteiger partial charge in [0.05, 0.1) is 13.2 Å². The molecule has 0 N–H and O–H groups in total. The first kappa shape index (κ1) is 22.6. The van der Waals surface area contributed by atoms with Crippen LogP contribution in [-0.4, -0.2) is 50.4 Å². The third-order valence-electron chi connectivity index (χ3n) is 5.36. The quantitative estimate of drug-likeness (QED) is 0.243. The zero-order valence-electron chi connectivity index (χ0n) is 16.8. The number of methoxy groups -OCH3 is 1. The maximum Gasteiger partial charge on any atom is 0.305 e. The minimum absolute atomic E-state index is 0.119. The maximum atomic E-state index is 11.8. The van der Waals surface area contributed by atoms with Gasteiger partial charge in [-0.1, -0.05) is 12.2 Å². The fourth-order valence-electron chi connectivity index (χ4n) is 3.93. The molecule has 1 unspecified atom stereocenters. The monoisotopic (exact) mass is 396 g/mol. The van der Waals surface area contributed by atoms with E-state index in [1.165, 1.54) is 14.0 Å². The summed E-state index contributed by atoms with van der Waals surface area (Å²) in [7, 11) is 1.38. The molecule has 7 nitrogen and oxygen atoms in total. The third kappa shape index (κ3) is 7.02. The molecule has 2 rings (SSSR count). The number of hydrogen-bond acceptors (Lipinski definition) is 7. The second-order valence-corrected chi connectivity index (χ2v) is 7.41. The third-order valence-corrected chi connectivity index (χ3v) is 5.36. The van der Waals surface area contributed by atoms with Crippen LogP contribution in [0.4, 0.5) is 0 Å². The van der Waals surface area contributed by atoms with Crippen LogP contribution in [0.3, 0.4) is 0 Å².